The predicted octanol–water partition coefficient (Wildman–Crippen LogP) is 2.28. The predicted molar refractivity (Wildman–Crippen MR) is 89.5 cm³/mol. The van der Waals surface area contributed by atoms with Gasteiger partial charge in [0.15, 0.2) is 0 Å². The molecule has 0 bridgehead atoms. The van der Waals surface area contributed by atoms with E-state index in [9.17, 15) is 9.00 Å². The van der Waals surface area contributed by atoms with Crippen LogP contribution in [0.1, 0.15) is 52.9 Å². The van der Waals surface area contributed by atoms with Crippen LogP contribution in [0.4, 0.5) is 4.79 Å². The third kappa shape index (κ3) is 4.44. The van der Waals surface area contributed by atoms with Crippen molar-refractivity contribution in [3.8, 4) is 0 Å². The summed E-state index contributed by atoms with van der Waals surface area (Å²) in [5.41, 5.74) is -0.228. The van der Waals surface area contributed by atoms with Crippen molar-refractivity contribution < 1.29 is 13.7 Å². The maximum atomic E-state index is 12.5. The number of rotatable bonds is 4. The van der Waals surface area contributed by atoms with Gasteiger partial charge in [-0.2, -0.15) is 0 Å². The number of urea groups is 1. The Labute approximate surface area is 136 Å². The van der Waals surface area contributed by atoms with E-state index in [-0.39, 0.29) is 22.9 Å². The third-order valence-electron chi connectivity index (χ3n) is 4.98. The molecule has 1 heterocycles. The first-order chi connectivity index (χ1) is 10.5. The minimum atomic E-state index is -0.752. The highest BCUT2D eigenvalue weighted by Gasteiger charge is 2.34. The third-order valence-corrected chi connectivity index (χ3v) is 6.72. The van der Waals surface area contributed by atoms with Gasteiger partial charge in [0, 0.05) is 34.4 Å². The Balaban J connectivity index is 1.87. The Morgan fingerprint density at radius 3 is 2.86 bits per heavy atom. The highest BCUT2D eigenvalue weighted by Crippen LogP contribution is 2.24. The second-order valence-corrected chi connectivity index (χ2v) is 8.68. The molecule has 6 heteroatoms. The summed E-state index contributed by atoms with van der Waals surface area (Å²) >= 11 is 0. The van der Waals surface area contributed by atoms with E-state index >= 15 is 0 Å². The van der Waals surface area contributed by atoms with Gasteiger partial charge in [-0.25, -0.2) is 4.79 Å². The Bertz CT molecular complexity index is 418. The van der Waals surface area contributed by atoms with Crippen LogP contribution in [0, 0.1) is 0 Å². The van der Waals surface area contributed by atoms with Crippen LogP contribution in [-0.4, -0.2) is 57.5 Å². The standard InChI is InChI=1S/C16H30N2O3S/c1-4-16(3)12-18(9-10-21-16)15(19)17-13-7-6-8-14(11-13)22(20)5-2/h13-14H,4-12H2,1-3H3,(H,17,19)/t13-,14-,16-,22+/m1/s1. The molecule has 0 unspecified atom stereocenters. The van der Waals surface area contributed by atoms with E-state index in [1.165, 1.54) is 0 Å². The molecule has 1 saturated carbocycles. The molecule has 0 aromatic carbocycles. The fraction of sp³-hybridized carbons (Fsp3) is 0.938. The summed E-state index contributed by atoms with van der Waals surface area (Å²) in [7, 11) is -0.752. The van der Waals surface area contributed by atoms with Crippen LogP contribution in [0.2, 0.25) is 0 Å². The van der Waals surface area contributed by atoms with Gasteiger partial charge in [-0.15, -0.1) is 0 Å². The zero-order valence-electron chi connectivity index (χ0n) is 14.1. The summed E-state index contributed by atoms with van der Waals surface area (Å²) < 4.78 is 17.8. The van der Waals surface area contributed by atoms with Gasteiger partial charge in [0.25, 0.3) is 0 Å². The molecule has 5 nitrogen and oxygen atoms in total. The van der Waals surface area contributed by atoms with Gasteiger partial charge >= 0.3 is 6.03 Å². The van der Waals surface area contributed by atoms with Crippen LogP contribution >= 0.6 is 0 Å². The molecule has 0 aromatic rings. The van der Waals surface area contributed by atoms with E-state index in [1.54, 1.807) is 0 Å². The number of morpholine rings is 1. The number of nitrogens with one attached hydrogen (secondary N) is 1. The first kappa shape index (κ1) is 17.7. The lowest BCUT2D eigenvalue weighted by Crippen LogP contribution is -2.56. The average Bonchev–Trinajstić information content (AvgIpc) is 2.54. The monoisotopic (exact) mass is 330 g/mol. The van der Waals surface area contributed by atoms with Gasteiger partial charge in [-0.3, -0.25) is 4.21 Å². The largest absolute Gasteiger partial charge is 0.372 e. The van der Waals surface area contributed by atoms with E-state index in [4.69, 9.17) is 4.74 Å². The van der Waals surface area contributed by atoms with Gasteiger partial charge in [-0.05, 0) is 32.6 Å². The number of nitrogens with zero attached hydrogens (tertiary/aromatic N) is 1. The lowest BCUT2D eigenvalue weighted by Gasteiger charge is -2.41. The summed E-state index contributed by atoms with van der Waals surface area (Å²) in [6, 6.07) is 0.174. The van der Waals surface area contributed by atoms with Crippen molar-refractivity contribution in [3.05, 3.63) is 0 Å². The van der Waals surface area contributed by atoms with Crippen LogP contribution in [0.15, 0.2) is 0 Å². The van der Waals surface area contributed by atoms with Gasteiger partial charge in [0.2, 0.25) is 0 Å². The first-order valence-electron chi connectivity index (χ1n) is 8.54. The molecule has 0 aromatic heterocycles. The molecule has 1 aliphatic carbocycles. The average molecular weight is 330 g/mol. The van der Waals surface area contributed by atoms with Crippen molar-refractivity contribution in [2.24, 2.45) is 0 Å². The van der Waals surface area contributed by atoms with E-state index in [2.05, 4.69) is 19.2 Å². The molecule has 1 N–H and O–H groups in total. The maximum absolute atomic E-state index is 12.5. The van der Waals surface area contributed by atoms with Gasteiger partial charge < -0.3 is 15.0 Å². The molecule has 1 aliphatic heterocycles. The zero-order chi connectivity index (χ0) is 16.2. The summed E-state index contributed by atoms with van der Waals surface area (Å²) in [5.74, 6) is 0.712. The summed E-state index contributed by atoms with van der Waals surface area (Å²) in [6.45, 7) is 8.02. The first-order valence-corrected chi connectivity index (χ1v) is 9.92. The summed E-state index contributed by atoms with van der Waals surface area (Å²) in [6.07, 6.45) is 4.83. The molecule has 1 saturated heterocycles. The normalized spacial score (nSPS) is 34.2. The Hall–Kier alpha value is -0.620. The molecule has 22 heavy (non-hydrogen) atoms. The molecule has 2 rings (SSSR count). The number of carbonyl (C=O) groups is 1. The van der Waals surface area contributed by atoms with Crippen molar-refractivity contribution in [1.29, 1.82) is 0 Å². The number of ether oxygens (including phenoxy) is 1. The number of amides is 2. The van der Waals surface area contributed by atoms with Crippen molar-refractivity contribution >= 4 is 16.8 Å². The van der Waals surface area contributed by atoms with Crippen LogP contribution in [-0.2, 0) is 15.5 Å². The zero-order valence-corrected chi connectivity index (χ0v) is 14.9. The fourth-order valence-corrected chi connectivity index (χ4v) is 4.68. The summed E-state index contributed by atoms with van der Waals surface area (Å²) in [5, 5.41) is 3.40. The molecule has 4 atom stereocenters. The summed E-state index contributed by atoms with van der Waals surface area (Å²) in [4.78, 5) is 14.4. The van der Waals surface area contributed by atoms with Crippen LogP contribution in [0.5, 0.6) is 0 Å². The molecule has 2 fully saturated rings. The van der Waals surface area contributed by atoms with E-state index in [1.807, 2.05) is 11.8 Å². The van der Waals surface area contributed by atoms with Crippen LogP contribution < -0.4 is 5.32 Å². The molecule has 2 amide bonds. The van der Waals surface area contributed by atoms with Gasteiger partial charge in [-0.1, -0.05) is 20.3 Å². The van der Waals surface area contributed by atoms with E-state index in [0.29, 0.717) is 25.4 Å². The second kappa shape index (κ2) is 7.77. The van der Waals surface area contributed by atoms with Crippen LogP contribution in [0.3, 0.4) is 0 Å². The molecular formula is C16H30N2O3S. The van der Waals surface area contributed by atoms with Gasteiger partial charge in [0.1, 0.15) is 0 Å². The van der Waals surface area contributed by atoms with Crippen molar-refractivity contribution in [2.45, 2.75) is 69.8 Å². The minimum absolute atomic E-state index is 0.0101. The molecule has 128 valence electrons. The molecular weight excluding hydrogens is 300 g/mol. The van der Waals surface area contributed by atoms with Crippen LogP contribution in [0.25, 0.3) is 0 Å². The molecule has 0 spiro atoms. The molecule has 0 radical (unpaired) electrons. The highest BCUT2D eigenvalue weighted by molar-refractivity contribution is 7.85. The Morgan fingerprint density at radius 2 is 2.18 bits per heavy atom. The van der Waals surface area contributed by atoms with E-state index in [0.717, 1.165) is 32.1 Å². The fourth-order valence-electron chi connectivity index (χ4n) is 3.33. The smallest absolute Gasteiger partial charge is 0.317 e. The number of hydrogen-bond acceptors (Lipinski definition) is 3. The SMILES string of the molecule is CC[S@](=O)[C@@H]1CCC[C@@H](NC(=O)N2CCO[C@](C)(CC)C2)C1. The van der Waals surface area contributed by atoms with Crippen molar-refractivity contribution in [1.82, 2.24) is 10.2 Å². The lowest BCUT2D eigenvalue weighted by molar-refractivity contribution is -0.0875. The highest BCUT2D eigenvalue weighted by atomic mass is 32.2. The Morgan fingerprint density at radius 1 is 1.41 bits per heavy atom. The maximum Gasteiger partial charge on any atom is 0.317 e. The minimum Gasteiger partial charge on any atom is -0.372 e. The number of carbonyl (C=O) groups excluding carboxylic acids is 1. The van der Waals surface area contributed by atoms with Gasteiger partial charge in [0.05, 0.1) is 18.8 Å². The number of hydrogen-bond donors (Lipinski definition) is 1. The van der Waals surface area contributed by atoms with Crippen molar-refractivity contribution in [2.75, 3.05) is 25.4 Å². The topological polar surface area (TPSA) is 58.6 Å². The lowest BCUT2D eigenvalue weighted by atomic mass is 9.95. The quantitative estimate of drug-likeness (QED) is 0.860. The van der Waals surface area contributed by atoms with E-state index < -0.39 is 10.8 Å². The van der Waals surface area contributed by atoms with Crippen molar-refractivity contribution in [3.63, 3.8) is 0 Å². The second-order valence-electron chi connectivity index (χ2n) is 6.68. The Kier molecular flexibility index (Phi) is 6.26. The molecule has 2 aliphatic rings.